The molecule has 2 amide bonds. The normalized spacial score (nSPS) is 17.7. The minimum absolute atomic E-state index is 0.235. The van der Waals surface area contributed by atoms with Gasteiger partial charge in [-0.1, -0.05) is 12.8 Å². The molecule has 0 bridgehead atoms. The number of thiazole rings is 1. The summed E-state index contributed by atoms with van der Waals surface area (Å²) in [5.41, 5.74) is -0.696. The van der Waals surface area contributed by atoms with E-state index in [0.717, 1.165) is 35.6 Å². The molecule has 1 aliphatic carbocycles. The van der Waals surface area contributed by atoms with Crippen molar-refractivity contribution in [2.24, 2.45) is 0 Å². The molecule has 1 aromatic heterocycles. The molecule has 5 nitrogen and oxygen atoms in total. The van der Waals surface area contributed by atoms with Gasteiger partial charge in [-0.25, -0.2) is 9.78 Å². The number of urea groups is 1. The van der Waals surface area contributed by atoms with Crippen LogP contribution < -0.4 is 10.6 Å². The third-order valence-electron chi connectivity index (χ3n) is 3.20. The van der Waals surface area contributed by atoms with E-state index in [-0.39, 0.29) is 6.03 Å². The van der Waals surface area contributed by atoms with Crippen LogP contribution in [0.1, 0.15) is 35.6 Å². The Morgan fingerprint density at radius 1 is 1.50 bits per heavy atom. The molecule has 1 fully saturated rings. The monoisotopic (exact) mass is 269 g/mol. The summed E-state index contributed by atoms with van der Waals surface area (Å²) in [4.78, 5) is 16.7. The van der Waals surface area contributed by atoms with E-state index in [9.17, 15) is 9.90 Å². The maximum Gasteiger partial charge on any atom is 0.315 e. The summed E-state index contributed by atoms with van der Waals surface area (Å²) in [7, 11) is 0. The van der Waals surface area contributed by atoms with E-state index in [4.69, 9.17) is 0 Å². The zero-order chi connectivity index (χ0) is 13.0. The fourth-order valence-corrected chi connectivity index (χ4v) is 2.91. The van der Waals surface area contributed by atoms with Crippen molar-refractivity contribution in [1.82, 2.24) is 15.6 Å². The SMILES string of the molecule is Cc1ncc(CNC(=O)NCC2(O)CCCC2)s1. The van der Waals surface area contributed by atoms with Crippen LogP contribution in [0.25, 0.3) is 0 Å². The number of aromatic nitrogens is 1. The standard InChI is InChI=1S/C12H19N3O2S/c1-9-13-6-10(18-9)7-14-11(16)15-8-12(17)4-2-3-5-12/h6,17H,2-5,7-8H2,1H3,(H2,14,15,16). The van der Waals surface area contributed by atoms with E-state index in [1.165, 1.54) is 0 Å². The van der Waals surface area contributed by atoms with Crippen molar-refractivity contribution >= 4 is 17.4 Å². The van der Waals surface area contributed by atoms with Gasteiger partial charge in [0.15, 0.2) is 0 Å². The lowest BCUT2D eigenvalue weighted by Crippen LogP contribution is -2.44. The van der Waals surface area contributed by atoms with Crippen molar-refractivity contribution in [3.8, 4) is 0 Å². The Morgan fingerprint density at radius 2 is 2.22 bits per heavy atom. The molecule has 3 N–H and O–H groups in total. The van der Waals surface area contributed by atoms with Crippen LogP contribution in [0.2, 0.25) is 0 Å². The Bertz CT molecular complexity index is 413. The van der Waals surface area contributed by atoms with E-state index in [1.807, 2.05) is 6.92 Å². The second-order valence-corrected chi connectivity index (χ2v) is 6.13. The van der Waals surface area contributed by atoms with Gasteiger partial charge >= 0.3 is 6.03 Å². The van der Waals surface area contributed by atoms with Gasteiger partial charge in [-0.05, 0) is 19.8 Å². The Hall–Kier alpha value is -1.14. The van der Waals surface area contributed by atoms with E-state index in [0.29, 0.717) is 13.1 Å². The highest BCUT2D eigenvalue weighted by Gasteiger charge is 2.31. The first-order valence-corrected chi connectivity index (χ1v) is 7.04. The average molecular weight is 269 g/mol. The van der Waals surface area contributed by atoms with Crippen LogP contribution in [0.5, 0.6) is 0 Å². The Morgan fingerprint density at radius 3 is 2.83 bits per heavy atom. The molecule has 18 heavy (non-hydrogen) atoms. The van der Waals surface area contributed by atoms with Crippen LogP contribution in [0.3, 0.4) is 0 Å². The highest BCUT2D eigenvalue weighted by atomic mass is 32.1. The molecule has 0 aromatic carbocycles. The number of rotatable bonds is 4. The second-order valence-electron chi connectivity index (χ2n) is 4.81. The van der Waals surface area contributed by atoms with Gasteiger partial charge in [0.05, 0.1) is 17.2 Å². The predicted octanol–water partition coefficient (Wildman–Crippen LogP) is 1.56. The van der Waals surface area contributed by atoms with Crippen LogP contribution in [-0.2, 0) is 6.54 Å². The minimum Gasteiger partial charge on any atom is -0.388 e. The molecule has 0 radical (unpaired) electrons. The van der Waals surface area contributed by atoms with E-state index >= 15 is 0 Å². The van der Waals surface area contributed by atoms with Crippen molar-refractivity contribution in [2.75, 3.05) is 6.54 Å². The van der Waals surface area contributed by atoms with Crippen LogP contribution in [0, 0.1) is 6.92 Å². The molecular weight excluding hydrogens is 250 g/mol. The van der Waals surface area contributed by atoms with Crippen molar-refractivity contribution < 1.29 is 9.90 Å². The highest BCUT2D eigenvalue weighted by Crippen LogP contribution is 2.28. The largest absolute Gasteiger partial charge is 0.388 e. The second kappa shape index (κ2) is 5.67. The van der Waals surface area contributed by atoms with Crippen molar-refractivity contribution in [3.63, 3.8) is 0 Å². The number of nitrogens with zero attached hydrogens (tertiary/aromatic N) is 1. The summed E-state index contributed by atoms with van der Waals surface area (Å²) in [6, 6.07) is -0.235. The molecule has 0 unspecified atom stereocenters. The van der Waals surface area contributed by atoms with E-state index in [1.54, 1.807) is 17.5 Å². The average Bonchev–Trinajstić information content (AvgIpc) is 2.94. The summed E-state index contributed by atoms with van der Waals surface area (Å²) in [5, 5.41) is 16.6. The molecule has 6 heteroatoms. The quantitative estimate of drug-likeness (QED) is 0.776. The number of nitrogens with one attached hydrogen (secondary N) is 2. The smallest absolute Gasteiger partial charge is 0.315 e. The third-order valence-corrected chi connectivity index (χ3v) is 4.12. The van der Waals surface area contributed by atoms with Gasteiger partial charge in [0, 0.05) is 17.6 Å². The van der Waals surface area contributed by atoms with Gasteiger partial charge in [0.25, 0.3) is 0 Å². The van der Waals surface area contributed by atoms with Crippen molar-refractivity contribution in [2.45, 2.75) is 44.8 Å². The summed E-state index contributed by atoms with van der Waals surface area (Å²) in [5.74, 6) is 0. The molecule has 100 valence electrons. The molecule has 1 heterocycles. The number of hydrogen-bond donors (Lipinski definition) is 3. The molecule has 1 aliphatic rings. The van der Waals surface area contributed by atoms with Crippen LogP contribution in [0.4, 0.5) is 4.79 Å². The lowest BCUT2D eigenvalue weighted by atomic mass is 10.0. The van der Waals surface area contributed by atoms with Crippen LogP contribution in [-0.4, -0.2) is 28.3 Å². The maximum absolute atomic E-state index is 11.6. The van der Waals surface area contributed by atoms with Crippen molar-refractivity contribution in [3.05, 3.63) is 16.1 Å². The molecule has 0 aliphatic heterocycles. The van der Waals surface area contributed by atoms with Crippen LogP contribution >= 0.6 is 11.3 Å². The summed E-state index contributed by atoms with van der Waals surface area (Å²) < 4.78 is 0. The van der Waals surface area contributed by atoms with E-state index < -0.39 is 5.60 Å². The van der Waals surface area contributed by atoms with Gasteiger partial charge in [0.1, 0.15) is 0 Å². The maximum atomic E-state index is 11.6. The molecule has 1 saturated carbocycles. The zero-order valence-corrected chi connectivity index (χ0v) is 11.3. The highest BCUT2D eigenvalue weighted by molar-refractivity contribution is 7.11. The zero-order valence-electron chi connectivity index (χ0n) is 10.5. The Balaban J connectivity index is 1.69. The first-order valence-electron chi connectivity index (χ1n) is 6.23. The number of amides is 2. The van der Waals surface area contributed by atoms with E-state index in [2.05, 4.69) is 15.6 Å². The molecule has 0 spiro atoms. The van der Waals surface area contributed by atoms with Gasteiger partial charge in [-0.2, -0.15) is 0 Å². The Labute approximate surface area is 111 Å². The molecular formula is C12H19N3O2S. The topological polar surface area (TPSA) is 74.2 Å². The number of hydrogen-bond acceptors (Lipinski definition) is 4. The van der Waals surface area contributed by atoms with Crippen molar-refractivity contribution in [1.29, 1.82) is 0 Å². The number of carbonyl (C=O) groups is 1. The van der Waals surface area contributed by atoms with Gasteiger partial charge < -0.3 is 15.7 Å². The van der Waals surface area contributed by atoms with Gasteiger partial charge in [-0.15, -0.1) is 11.3 Å². The molecule has 0 atom stereocenters. The third kappa shape index (κ3) is 3.68. The number of aliphatic hydroxyl groups is 1. The number of aryl methyl sites for hydroxylation is 1. The molecule has 2 rings (SSSR count). The minimum atomic E-state index is -0.696. The first kappa shape index (κ1) is 13.3. The molecule has 0 saturated heterocycles. The Kier molecular flexibility index (Phi) is 4.19. The summed E-state index contributed by atoms with van der Waals surface area (Å²) in [6.45, 7) is 2.75. The lowest BCUT2D eigenvalue weighted by molar-refractivity contribution is 0.0501. The fourth-order valence-electron chi connectivity index (χ4n) is 2.17. The molecule has 1 aromatic rings. The first-order chi connectivity index (χ1) is 8.57. The number of carbonyl (C=O) groups excluding carboxylic acids is 1. The lowest BCUT2D eigenvalue weighted by Gasteiger charge is -2.22. The summed E-state index contributed by atoms with van der Waals surface area (Å²) >= 11 is 1.57. The fraction of sp³-hybridized carbons (Fsp3) is 0.667. The van der Waals surface area contributed by atoms with Crippen LogP contribution in [0.15, 0.2) is 6.20 Å². The van der Waals surface area contributed by atoms with Gasteiger partial charge in [-0.3, -0.25) is 0 Å². The van der Waals surface area contributed by atoms with Gasteiger partial charge in [0.2, 0.25) is 0 Å². The predicted molar refractivity (Wildman–Crippen MR) is 70.5 cm³/mol. The summed E-state index contributed by atoms with van der Waals surface area (Å²) in [6.07, 6.45) is 5.41.